The Kier molecular flexibility index (Phi) is 8.39. The van der Waals surface area contributed by atoms with Crippen LogP contribution in [0.3, 0.4) is 0 Å². The van der Waals surface area contributed by atoms with Crippen molar-refractivity contribution in [1.82, 2.24) is 9.80 Å². The average Bonchev–Trinajstić information content (AvgIpc) is 2.88. The number of para-hydroxylation sites is 1. The largest absolute Gasteiger partial charge is 0.491 e. The summed E-state index contributed by atoms with van der Waals surface area (Å²) in [4.78, 5) is 30.7. The quantitative estimate of drug-likeness (QED) is 0.645. The third-order valence-corrected chi connectivity index (χ3v) is 6.87. The van der Waals surface area contributed by atoms with Crippen LogP contribution in [0, 0.1) is 5.82 Å². The fourth-order valence-electron chi connectivity index (χ4n) is 4.94. The van der Waals surface area contributed by atoms with Gasteiger partial charge in [0.15, 0.2) is 5.60 Å². The van der Waals surface area contributed by atoms with Gasteiger partial charge in [0, 0.05) is 18.7 Å². The molecule has 0 aromatic heterocycles. The van der Waals surface area contributed by atoms with E-state index >= 15 is 0 Å². The molecule has 1 spiro atoms. The third kappa shape index (κ3) is 6.01. The van der Waals surface area contributed by atoms with E-state index in [1.165, 1.54) is 23.8 Å². The second-order valence-corrected chi connectivity index (χ2v) is 9.39. The lowest BCUT2D eigenvalue weighted by atomic mass is 9.90. The lowest BCUT2D eigenvalue weighted by Crippen LogP contribution is -2.62. The molecule has 1 fully saturated rings. The topological polar surface area (TPSA) is 59.1 Å². The molecule has 2 aliphatic heterocycles. The van der Waals surface area contributed by atoms with Gasteiger partial charge in [-0.15, -0.1) is 0 Å². The van der Waals surface area contributed by atoms with E-state index in [2.05, 4.69) is 13.0 Å². The number of benzene rings is 2. The van der Waals surface area contributed by atoms with Crippen molar-refractivity contribution in [3.63, 3.8) is 0 Å². The Balaban J connectivity index is 1.59. The SMILES string of the molecule is CCCCN1CCOc2ccccc2CCCCC2(CN(C(=O)c3cccc(F)c3)CCO2)C1=O. The highest BCUT2D eigenvalue weighted by Crippen LogP contribution is 2.30. The first-order chi connectivity index (χ1) is 17.0. The number of fused-ring (bicyclic) bond motifs is 1. The summed E-state index contributed by atoms with van der Waals surface area (Å²) in [6.07, 6.45) is 4.89. The van der Waals surface area contributed by atoms with E-state index in [0.29, 0.717) is 32.7 Å². The molecular formula is C28H35FN2O4. The molecule has 7 heteroatoms. The second-order valence-electron chi connectivity index (χ2n) is 9.39. The van der Waals surface area contributed by atoms with Crippen LogP contribution in [-0.2, 0) is 16.0 Å². The summed E-state index contributed by atoms with van der Waals surface area (Å²) >= 11 is 0. The highest BCUT2D eigenvalue weighted by Gasteiger charge is 2.46. The number of hydrogen-bond acceptors (Lipinski definition) is 4. The molecule has 2 amide bonds. The first-order valence-electron chi connectivity index (χ1n) is 12.7. The molecule has 35 heavy (non-hydrogen) atoms. The van der Waals surface area contributed by atoms with Crippen molar-refractivity contribution in [2.45, 2.75) is 51.0 Å². The average molecular weight is 483 g/mol. The molecule has 6 nitrogen and oxygen atoms in total. The molecule has 2 aromatic rings. The predicted molar refractivity (Wildman–Crippen MR) is 132 cm³/mol. The van der Waals surface area contributed by atoms with E-state index in [1.807, 2.05) is 23.1 Å². The number of nitrogens with zero attached hydrogens (tertiary/aromatic N) is 2. The van der Waals surface area contributed by atoms with E-state index in [9.17, 15) is 14.0 Å². The van der Waals surface area contributed by atoms with Crippen LogP contribution in [0.25, 0.3) is 0 Å². The minimum atomic E-state index is -1.10. The van der Waals surface area contributed by atoms with E-state index < -0.39 is 11.4 Å². The number of carbonyl (C=O) groups excluding carboxylic acids is 2. The molecule has 4 rings (SSSR count). The maximum atomic E-state index is 14.0. The van der Waals surface area contributed by atoms with Crippen LogP contribution in [0.2, 0.25) is 0 Å². The fraction of sp³-hybridized carbons (Fsp3) is 0.500. The van der Waals surface area contributed by atoms with Crippen molar-refractivity contribution in [2.24, 2.45) is 0 Å². The smallest absolute Gasteiger partial charge is 0.256 e. The summed E-state index contributed by atoms with van der Waals surface area (Å²) in [5, 5.41) is 0. The minimum Gasteiger partial charge on any atom is -0.491 e. The number of ether oxygens (including phenoxy) is 2. The van der Waals surface area contributed by atoms with E-state index in [-0.39, 0.29) is 30.5 Å². The van der Waals surface area contributed by atoms with Gasteiger partial charge in [0.05, 0.1) is 19.7 Å². The Morgan fingerprint density at radius 2 is 1.94 bits per heavy atom. The molecule has 1 unspecified atom stereocenters. The van der Waals surface area contributed by atoms with E-state index in [4.69, 9.17) is 9.47 Å². The van der Waals surface area contributed by atoms with Crippen molar-refractivity contribution in [3.8, 4) is 5.75 Å². The Bertz CT molecular complexity index is 1030. The molecule has 0 radical (unpaired) electrons. The summed E-state index contributed by atoms with van der Waals surface area (Å²) in [6, 6.07) is 13.8. The highest BCUT2D eigenvalue weighted by atomic mass is 19.1. The van der Waals surface area contributed by atoms with E-state index in [1.54, 1.807) is 11.0 Å². The number of hydrogen-bond donors (Lipinski definition) is 0. The molecule has 2 heterocycles. The molecule has 1 saturated heterocycles. The van der Waals surface area contributed by atoms with Crippen LogP contribution >= 0.6 is 0 Å². The number of rotatable bonds is 4. The molecule has 188 valence electrons. The molecule has 2 aromatic carbocycles. The maximum Gasteiger partial charge on any atom is 0.256 e. The number of carbonyl (C=O) groups is 2. The van der Waals surface area contributed by atoms with Crippen LogP contribution < -0.4 is 4.74 Å². The maximum absolute atomic E-state index is 14.0. The molecule has 0 saturated carbocycles. The summed E-state index contributed by atoms with van der Waals surface area (Å²) in [6.45, 7) is 4.37. The van der Waals surface area contributed by atoms with Crippen LogP contribution in [0.1, 0.15) is 54.9 Å². The number of amides is 2. The zero-order valence-electron chi connectivity index (χ0n) is 20.5. The van der Waals surface area contributed by atoms with Gasteiger partial charge in [-0.05, 0) is 61.9 Å². The van der Waals surface area contributed by atoms with Gasteiger partial charge in [0.2, 0.25) is 0 Å². The van der Waals surface area contributed by atoms with E-state index in [0.717, 1.165) is 37.9 Å². The van der Waals surface area contributed by atoms with Gasteiger partial charge >= 0.3 is 0 Å². The van der Waals surface area contributed by atoms with Crippen molar-refractivity contribution in [1.29, 1.82) is 0 Å². The minimum absolute atomic E-state index is 0.0832. The van der Waals surface area contributed by atoms with Crippen LogP contribution in [0.4, 0.5) is 4.39 Å². The van der Waals surface area contributed by atoms with Gasteiger partial charge in [0.1, 0.15) is 18.2 Å². The first-order valence-corrected chi connectivity index (χ1v) is 12.7. The fourth-order valence-corrected chi connectivity index (χ4v) is 4.94. The number of unbranched alkanes of at least 4 members (excludes halogenated alkanes) is 1. The first kappa shape index (κ1) is 25.2. The van der Waals surface area contributed by atoms with Gasteiger partial charge in [-0.3, -0.25) is 9.59 Å². The van der Waals surface area contributed by atoms with Crippen LogP contribution in [0.15, 0.2) is 48.5 Å². The van der Waals surface area contributed by atoms with Crippen molar-refractivity contribution < 1.29 is 23.5 Å². The van der Waals surface area contributed by atoms with Crippen LogP contribution in [0.5, 0.6) is 5.75 Å². The van der Waals surface area contributed by atoms with Gasteiger partial charge in [0.25, 0.3) is 11.8 Å². The predicted octanol–water partition coefficient (Wildman–Crippen LogP) is 4.47. The standard InChI is InChI=1S/C28H35FN2O4/c1-2-3-15-30-16-18-34-25-13-5-4-9-22(25)10-6-7-14-28(27(30)33)21-31(17-19-35-28)26(32)23-11-8-12-24(29)20-23/h4-5,8-9,11-13,20H,2-3,6-7,10,14-19,21H2,1H3. The molecule has 1 atom stereocenters. The van der Waals surface area contributed by atoms with Crippen LogP contribution in [-0.4, -0.2) is 66.6 Å². The normalized spacial score (nSPS) is 21.6. The lowest BCUT2D eigenvalue weighted by Gasteiger charge is -2.44. The van der Waals surface area contributed by atoms with Gasteiger partial charge < -0.3 is 19.3 Å². The van der Waals surface area contributed by atoms with Crippen molar-refractivity contribution in [2.75, 3.05) is 39.4 Å². The Labute approximate surface area is 207 Å². The molecule has 2 aliphatic rings. The molecule has 0 bridgehead atoms. The summed E-state index contributed by atoms with van der Waals surface area (Å²) in [5.41, 5.74) is 0.352. The van der Waals surface area contributed by atoms with Crippen molar-refractivity contribution >= 4 is 11.8 Å². The van der Waals surface area contributed by atoms with Gasteiger partial charge in [-0.1, -0.05) is 37.6 Å². The van der Waals surface area contributed by atoms with Crippen molar-refractivity contribution in [3.05, 3.63) is 65.5 Å². The Hall–Kier alpha value is -2.93. The zero-order chi connectivity index (χ0) is 24.7. The molecule has 0 aliphatic carbocycles. The number of aryl methyl sites for hydroxylation is 1. The number of halogens is 1. The Morgan fingerprint density at radius 3 is 2.77 bits per heavy atom. The molecular weight excluding hydrogens is 447 g/mol. The summed E-state index contributed by atoms with van der Waals surface area (Å²) in [5.74, 6) is 0.0713. The molecule has 0 N–H and O–H groups in total. The van der Waals surface area contributed by atoms with Gasteiger partial charge in [-0.25, -0.2) is 4.39 Å². The zero-order valence-corrected chi connectivity index (χ0v) is 20.5. The lowest BCUT2D eigenvalue weighted by molar-refractivity contribution is -0.170. The summed E-state index contributed by atoms with van der Waals surface area (Å²) in [7, 11) is 0. The number of morpholine rings is 1. The summed E-state index contributed by atoms with van der Waals surface area (Å²) < 4.78 is 26.1. The third-order valence-electron chi connectivity index (χ3n) is 6.87. The highest BCUT2D eigenvalue weighted by molar-refractivity contribution is 5.95. The monoisotopic (exact) mass is 482 g/mol. The Morgan fingerprint density at radius 1 is 1.09 bits per heavy atom. The second kappa shape index (κ2) is 11.7. The van der Waals surface area contributed by atoms with Gasteiger partial charge in [-0.2, -0.15) is 0 Å².